The molecule has 1 aliphatic heterocycles. The normalized spacial score (nSPS) is 15.1. The van der Waals surface area contributed by atoms with Gasteiger partial charge in [-0.3, -0.25) is 0 Å². The number of nitrogens with two attached hydrogens (primary N) is 1. The summed E-state index contributed by atoms with van der Waals surface area (Å²) < 4.78 is 7.25. The Morgan fingerprint density at radius 3 is 2.70 bits per heavy atom. The van der Waals surface area contributed by atoms with Crippen molar-refractivity contribution in [3.63, 3.8) is 0 Å². The van der Waals surface area contributed by atoms with Gasteiger partial charge in [-0.05, 0) is 30.9 Å². The van der Waals surface area contributed by atoms with E-state index in [0.29, 0.717) is 23.6 Å². The average Bonchev–Trinajstić information content (AvgIpc) is 3.06. The van der Waals surface area contributed by atoms with Crippen molar-refractivity contribution in [1.82, 2.24) is 25.7 Å². The third kappa shape index (κ3) is 3.86. The average molecular weight is 369 g/mol. The molecule has 0 radical (unpaired) electrons. The monoisotopic (exact) mass is 369 g/mol. The largest absolute Gasteiger partial charge is 0.399 e. The molecule has 3 aromatic rings. The molecule has 144 valence electrons. The van der Waals surface area contributed by atoms with E-state index in [0.717, 1.165) is 48.7 Å². The predicted octanol–water partition coefficient (Wildman–Crippen LogP) is 3.25. The maximum absolute atomic E-state index is 5.98. The highest BCUT2D eigenvalue weighted by Crippen LogP contribution is 2.26. The van der Waals surface area contributed by atoms with Crippen LogP contribution in [0.25, 0.3) is 17.0 Å². The summed E-state index contributed by atoms with van der Waals surface area (Å²) in [5.74, 6) is 1.69. The summed E-state index contributed by atoms with van der Waals surface area (Å²) >= 11 is 0. The molecule has 1 aliphatic rings. The van der Waals surface area contributed by atoms with Gasteiger partial charge >= 0.3 is 0 Å². The molecule has 0 amide bonds. The second kappa shape index (κ2) is 7.89. The molecule has 1 aromatic carbocycles. The number of nitrogens with one attached hydrogen (secondary N) is 1. The van der Waals surface area contributed by atoms with Crippen molar-refractivity contribution in [2.24, 2.45) is 0 Å². The van der Waals surface area contributed by atoms with Gasteiger partial charge in [0.25, 0.3) is 0 Å². The Kier molecular flexibility index (Phi) is 5.57. The Labute approximate surface area is 158 Å². The molecule has 8 nitrogen and oxygen atoms in total. The van der Waals surface area contributed by atoms with Gasteiger partial charge in [0.1, 0.15) is 0 Å². The van der Waals surface area contributed by atoms with Crippen LogP contribution in [-0.4, -0.2) is 38.8 Å². The Morgan fingerprint density at radius 2 is 2.00 bits per heavy atom. The van der Waals surface area contributed by atoms with E-state index in [2.05, 4.69) is 24.3 Å². The molecular weight excluding hydrogens is 342 g/mol. The first kappa shape index (κ1) is 19.1. The van der Waals surface area contributed by atoms with Gasteiger partial charge < -0.3 is 21.9 Å². The van der Waals surface area contributed by atoms with Crippen molar-refractivity contribution in [3.05, 3.63) is 36.0 Å². The second-order valence-electron chi connectivity index (χ2n) is 7.02. The minimum atomic E-state index is 0. The van der Waals surface area contributed by atoms with Crippen LogP contribution in [0.5, 0.6) is 0 Å². The van der Waals surface area contributed by atoms with Crippen molar-refractivity contribution in [2.45, 2.75) is 38.6 Å². The van der Waals surface area contributed by atoms with Crippen molar-refractivity contribution in [2.75, 3.05) is 24.3 Å². The standard InChI is InChI=1S/C19H24N6O.H3N/c1-12(2)16-11-21-25-17(13-4-3-5-14(20)10-13)23-19(24-18(16)25)22-15-6-8-26-9-7-15;/h3-5,10-12,15H,6-9,20H2,1-2H3,(H,22,24);1H3. The highest BCUT2D eigenvalue weighted by Gasteiger charge is 2.19. The Balaban J connectivity index is 0.00000210. The number of hydrogen-bond donors (Lipinski definition) is 3. The van der Waals surface area contributed by atoms with Gasteiger partial charge in [-0.25, -0.2) is 0 Å². The molecule has 1 saturated heterocycles. The molecule has 1 fully saturated rings. The van der Waals surface area contributed by atoms with E-state index in [-0.39, 0.29) is 6.15 Å². The smallest absolute Gasteiger partial charge is 0.227 e. The van der Waals surface area contributed by atoms with Gasteiger partial charge in [-0.15, -0.1) is 0 Å². The zero-order chi connectivity index (χ0) is 18.1. The summed E-state index contributed by atoms with van der Waals surface area (Å²) in [5.41, 5.74) is 9.54. The van der Waals surface area contributed by atoms with E-state index < -0.39 is 0 Å². The van der Waals surface area contributed by atoms with Gasteiger partial charge in [-0.1, -0.05) is 26.0 Å². The molecule has 4 rings (SSSR count). The van der Waals surface area contributed by atoms with E-state index in [1.807, 2.05) is 30.5 Å². The van der Waals surface area contributed by atoms with Crippen LogP contribution in [-0.2, 0) is 4.74 Å². The zero-order valence-electron chi connectivity index (χ0n) is 15.9. The first-order chi connectivity index (χ1) is 12.6. The van der Waals surface area contributed by atoms with Gasteiger partial charge in [0.15, 0.2) is 11.5 Å². The number of aromatic nitrogens is 4. The van der Waals surface area contributed by atoms with Crippen LogP contribution in [0.15, 0.2) is 30.5 Å². The number of benzene rings is 1. The number of hydrogen-bond acceptors (Lipinski definition) is 7. The SMILES string of the molecule is CC(C)c1cnn2c(-c3cccc(N)c3)nc(NC3CCOCC3)nc12.N. The number of nitrogens with zero attached hydrogens (tertiary/aromatic N) is 4. The van der Waals surface area contributed by atoms with E-state index in [1.165, 1.54) is 0 Å². The van der Waals surface area contributed by atoms with E-state index in [9.17, 15) is 0 Å². The fourth-order valence-electron chi connectivity index (χ4n) is 3.26. The molecule has 27 heavy (non-hydrogen) atoms. The minimum Gasteiger partial charge on any atom is -0.399 e. The van der Waals surface area contributed by atoms with Crippen molar-refractivity contribution in [3.8, 4) is 11.4 Å². The molecule has 2 aromatic heterocycles. The van der Waals surface area contributed by atoms with Crippen LogP contribution >= 0.6 is 0 Å². The molecule has 8 heteroatoms. The third-order valence-corrected chi connectivity index (χ3v) is 4.72. The maximum atomic E-state index is 5.98. The summed E-state index contributed by atoms with van der Waals surface area (Å²) in [6, 6.07) is 8.03. The zero-order valence-corrected chi connectivity index (χ0v) is 15.9. The molecule has 0 bridgehead atoms. The lowest BCUT2D eigenvalue weighted by Crippen LogP contribution is -2.29. The summed E-state index contributed by atoms with van der Waals surface area (Å²) in [5, 5.41) is 8.02. The number of ether oxygens (including phenoxy) is 1. The maximum Gasteiger partial charge on any atom is 0.227 e. The van der Waals surface area contributed by atoms with Crippen molar-refractivity contribution < 1.29 is 4.74 Å². The minimum absolute atomic E-state index is 0. The first-order valence-electron chi connectivity index (χ1n) is 9.07. The number of nitrogen functional groups attached to an aromatic ring is 1. The van der Waals surface area contributed by atoms with Gasteiger partial charge in [0, 0.05) is 36.1 Å². The lowest BCUT2D eigenvalue weighted by atomic mass is 10.1. The van der Waals surface area contributed by atoms with Crippen LogP contribution in [0.1, 0.15) is 38.2 Å². The molecule has 6 N–H and O–H groups in total. The van der Waals surface area contributed by atoms with Gasteiger partial charge in [0.05, 0.1) is 6.20 Å². The van der Waals surface area contributed by atoms with Crippen LogP contribution in [0, 0.1) is 0 Å². The van der Waals surface area contributed by atoms with Gasteiger partial charge in [-0.2, -0.15) is 19.6 Å². The highest BCUT2D eigenvalue weighted by atomic mass is 16.5. The molecule has 0 unspecified atom stereocenters. The third-order valence-electron chi connectivity index (χ3n) is 4.72. The lowest BCUT2D eigenvalue weighted by molar-refractivity contribution is 0.0903. The van der Waals surface area contributed by atoms with Crippen LogP contribution in [0.4, 0.5) is 11.6 Å². The van der Waals surface area contributed by atoms with E-state index in [1.54, 1.807) is 4.52 Å². The Morgan fingerprint density at radius 1 is 1.22 bits per heavy atom. The van der Waals surface area contributed by atoms with Crippen LogP contribution < -0.4 is 17.2 Å². The molecule has 0 saturated carbocycles. The summed E-state index contributed by atoms with van der Waals surface area (Å²) in [6.07, 6.45) is 3.79. The number of anilines is 2. The fraction of sp³-hybridized carbons (Fsp3) is 0.421. The van der Waals surface area contributed by atoms with Gasteiger partial charge in [0.2, 0.25) is 5.95 Å². The quantitative estimate of drug-likeness (QED) is 0.603. The molecular formula is C19H27N7O. The summed E-state index contributed by atoms with van der Waals surface area (Å²) in [7, 11) is 0. The molecule has 0 spiro atoms. The Hall–Kier alpha value is -2.71. The second-order valence-corrected chi connectivity index (χ2v) is 7.02. The Bertz CT molecular complexity index is 916. The summed E-state index contributed by atoms with van der Waals surface area (Å²) in [4.78, 5) is 9.53. The summed E-state index contributed by atoms with van der Waals surface area (Å²) in [6.45, 7) is 5.83. The van der Waals surface area contributed by atoms with Crippen LogP contribution in [0.2, 0.25) is 0 Å². The predicted molar refractivity (Wildman–Crippen MR) is 107 cm³/mol. The van der Waals surface area contributed by atoms with Crippen molar-refractivity contribution in [1.29, 1.82) is 0 Å². The number of rotatable bonds is 4. The molecule has 0 atom stereocenters. The highest BCUT2D eigenvalue weighted by molar-refractivity contribution is 5.66. The fourth-order valence-corrected chi connectivity index (χ4v) is 3.26. The number of fused-ring (bicyclic) bond motifs is 1. The first-order valence-corrected chi connectivity index (χ1v) is 9.07. The lowest BCUT2D eigenvalue weighted by Gasteiger charge is -2.23. The molecule has 3 heterocycles. The van der Waals surface area contributed by atoms with E-state index >= 15 is 0 Å². The molecule has 0 aliphatic carbocycles. The van der Waals surface area contributed by atoms with Crippen LogP contribution in [0.3, 0.4) is 0 Å². The van der Waals surface area contributed by atoms with E-state index in [4.69, 9.17) is 20.4 Å². The van der Waals surface area contributed by atoms with Crippen molar-refractivity contribution >= 4 is 17.3 Å². The topological polar surface area (TPSA) is 125 Å².